The highest BCUT2D eigenvalue weighted by Gasteiger charge is 2.53. The smallest absolute Gasteiger partial charge is 0.264 e. The van der Waals surface area contributed by atoms with Crippen LogP contribution in [0.25, 0.3) is 32.3 Å². The molecular weight excluding hydrogens is 731 g/mol. The van der Waals surface area contributed by atoms with Crippen molar-refractivity contribution in [2.45, 2.75) is 32.1 Å². The van der Waals surface area contributed by atoms with Gasteiger partial charge in [-0.15, -0.1) is 11.3 Å². The Morgan fingerprint density at radius 1 is 0.508 bits per heavy atom. The summed E-state index contributed by atoms with van der Waals surface area (Å²) < 4.78 is 2.74. The molecule has 0 saturated carbocycles. The highest BCUT2D eigenvalue weighted by molar-refractivity contribution is 7.33. The number of nitrogens with zero attached hydrogens (tertiary/aromatic N) is 2. The Balaban J connectivity index is 1.15. The molecule has 9 aromatic rings. The second-order valence-electron chi connectivity index (χ2n) is 17.1. The van der Waals surface area contributed by atoms with Gasteiger partial charge in [-0.2, -0.15) is 0 Å². The molecule has 0 radical (unpaired) electrons. The van der Waals surface area contributed by atoms with Gasteiger partial charge in [0.2, 0.25) is 0 Å². The monoisotopic (exact) mass is 770 g/mol. The highest BCUT2D eigenvalue weighted by atomic mass is 32.1. The molecule has 0 fully saturated rings. The van der Waals surface area contributed by atoms with Gasteiger partial charge in [-0.1, -0.05) is 135 Å². The van der Waals surface area contributed by atoms with Gasteiger partial charge in [0.05, 0.1) is 11.1 Å². The first-order chi connectivity index (χ1) is 29.0. The number of benzene rings is 8. The summed E-state index contributed by atoms with van der Waals surface area (Å²) in [6.45, 7) is 6.98. The van der Waals surface area contributed by atoms with Gasteiger partial charge < -0.3 is 9.80 Å². The molecule has 0 saturated heterocycles. The van der Waals surface area contributed by atoms with Gasteiger partial charge in [-0.3, -0.25) is 0 Å². The summed E-state index contributed by atoms with van der Waals surface area (Å²) in [6.07, 6.45) is 0. The first kappa shape index (κ1) is 33.4. The van der Waals surface area contributed by atoms with Crippen LogP contribution < -0.4 is 25.5 Å². The van der Waals surface area contributed by atoms with Gasteiger partial charge in [-0.25, -0.2) is 0 Å². The number of hydrogen-bond acceptors (Lipinski definition) is 3. The molecule has 8 aromatic carbocycles. The minimum absolute atomic E-state index is 0.0849. The topological polar surface area (TPSA) is 6.48 Å². The van der Waals surface area contributed by atoms with Crippen molar-refractivity contribution in [3.05, 3.63) is 209 Å². The van der Waals surface area contributed by atoms with Crippen LogP contribution in [0, 0.1) is 6.92 Å². The van der Waals surface area contributed by atoms with E-state index in [1.807, 2.05) is 11.3 Å². The maximum atomic E-state index is 2.60. The summed E-state index contributed by atoms with van der Waals surface area (Å²) in [7, 11) is 0. The normalized spacial score (nSPS) is 14.5. The van der Waals surface area contributed by atoms with Crippen molar-refractivity contribution < 1.29 is 0 Å². The van der Waals surface area contributed by atoms with E-state index in [0.717, 1.165) is 0 Å². The van der Waals surface area contributed by atoms with Gasteiger partial charge in [0, 0.05) is 43.3 Å². The Labute approximate surface area is 349 Å². The van der Waals surface area contributed by atoms with Crippen LogP contribution in [0.5, 0.6) is 0 Å². The highest BCUT2D eigenvalue weighted by Crippen LogP contribution is 2.64. The lowest BCUT2D eigenvalue weighted by Gasteiger charge is -2.43. The summed E-state index contributed by atoms with van der Waals surface area (Å²) in [4.78, 5) is 5.09. The van der Waals surface area contributed by atoms with Crippen molar-refractivity contribution in [3.63, 3.8) is 0 Å². The lowest BCUT2D eigenvalue weighted by molar-refractivity contribution is 0.785. The molecular formula is C55H39BN2S. The number of aryl methyl sites for hydroxylation is 1. The van der Waals surface area contributed by atoms with Crippen molar-refractivity contribution in [1.82, 2.24) is 0 Å². The predicted octanol–water partition coefficient (Wildman–Crippen LogP) is 12.8. The molecule has 59 heavy (non-hydrogen) atoms. The van der Waals surface area contributed by atoms with E-state index < -0.39 is 5.41 Å². The average molecular weight is 771 g/mol. The molecule has 3 heterocycles. The van der Waals surface area contributed by atoms with Gasteiger partial charge in [-0.05, 0) is 134 Å². The molecule has 0 bridgehead atoms. The standard InChI is InChI=1S/C55H39BN2S/c1-33(2)35-26-27-40-41-31-42-51(32-46(41)55(45(40)30-35)43-22-12-10-20-38(43)39-21-11-13-23-44(39)55)59-54-53(42)58(37-18-8-5-9-19-37)50-29-34(3)28-49-52(50)56(54)47-24-14-15-25-48(47)57(49)36-16-6-4-7-17-36/h4-33H,1-3H3. The molecule has 0 atom stereocenters. The first-order valence-corrected chi connectivity index (χ1v) is 21.7. The maximum Gasteiger partial charge on any atom is 0.264 e. The van der Waals surface area contributed by atoms with Gasteiger partial charge in [0.15, 0.2) is 0 Å². The van der Waals surface area contributed by atoms with Crippen LogP contribution in [-0.4, -0.2) is 6.71 Å². The quantitative estimate of drug-likeness (QED) is 0.165. The SMILES string of the molecule is Cc1cc2c3c(c1)N(c1ccccc1)c1c(sc4cc5c(cc14)-c1ccc(C(C)C)cc1C51c4ccccc4-c4ccccc41)B3c1ccccc1N2c1ccccc1. The van der Waals surface area contributed by atoms with Gasteiger partial charge in [0.25, 0.3) is 6.71 Å². The van der Waals surface area contributed by atoms with Crippen molar-refractivity contribution in [1.29, 1.82) is 0 Å². The molecule has 1 aromatic heterocycles. The Morgan fingerprint density at radius 2 is 1.08 bits per heavy atom. The number of hydrogen-bond donors (Lipinski definition) is 0. The third-order valence-electron chi connectivity index (χ3n) is 13.6. The second-order valence-corrected chi connectivity index (χ2v) is 18.1. The summed E-state index contributed by atoms with van der Waals surface area (Å²) >= 11 is 2.00. The van der Waals surface area contributed by atoms with E-state index in [1.54, 1.807) is 0 Å². The zero-order valence-electron chi connectivity index (χ0n) is 33.2. The zero-order valence-corrected chi connectivity index (χ0v) is 34.0. The fourth-order valence-corrected chi connectivity index (χ4v) is 12.6. The van der Waals surface area contributed by atoms with Crippen molar-refractivity contribution in [3.8, 4) is 22.3 Å². The van der Waals surface area contributed by atoms with E-state index in [4.69, 9.17) is 0 Å². The van der Waals surface area contributed by atoms with Crippen molar-refractivity contribution >= 4 is 78.0 Å². The van der Waals surface area contributed by atoms with E-state index in [-0.39, 0.29) is 6.71 Å². The van der Waals surface area contributed by atoms with E-state index in [9.17, 15) is 0 Å². The van der Waals surface area contributed by atoms with Gasteiger partial charge in [0.1, 0.15) is 0 Å². The van der Waals surface area contributed by atoms with Crippen LogP contribution in [-0.2, 0) is 5.41 Å². The molecule has 0 unspecified atom stereocenters. The fraction of sp³-hybridized carbons (Fsp3) is 0.0909. The lowest BCUT2D eigenvalue weighted by Crippen LogP contribution is -2.60. The number of fused-ring (bicyclic) bond motifs is 16. The molecule has 2 nitrogen and oxygen atoms in total. The molecule has 2 aliphatic carbocycles. The van der Waals surface area contributed by atoms with E-state index >= 15 is 0 Å². The van der Waals surface area contributed by atoms with E-state index in [1.165, 1.54) is 116 Å². The molecule has 0 N–H and O–H groups in total. The molecule has 4 aliphatic rings. The van der Waals surface area contributed by atoms with Crippen LogP contribution in [0.4, 0.5) is 34.1 Å². The van der Waals surface area contributed by atoms with E-state index in [2.05, 4.69) is 206 Å². The number of anilines is 6. The Kier molecular flexibility index (Phi) is 6.77. The molecule has 1 spiro atoms. The molecule has 0 amide bonds. The second kappa shape index (κ2) is 12.0. The largest absolute Gasteiger partial charge is 0.311 e. The van der Waals surface area contributed by atoms with Crippen LogP contribution in [0.2, 0.25) is 0 Å². The summed E-state index contributed by atoms with van der Waals surface area (Å²) in [5, 5.41) is 1.32. The van der Waals surface area contributed by atoms with Crippen LogP contribution in [0.1, 0.15) is 53.1 Å². The van der Waals surface area contributed by atoms with Crippen LogP contribution >= 0.6 is 11.3 Å². The summed E-state index contributed by atoms with van der Waals surface area (Å²) in [6, 6.07) is 66.8. The third-order valence-corrected chi connectivity index (χ3v) is 14.9. The van der Waals surface area contributed by atoms with E-state index in [0.29, 0.717) is 5.92 Å². The zero-order chi connectivity index (χ0) is 39.1. The van der Waals surface area contributed by atoms with Crippen LogP contribution in [0.15, 0.2) is 176 Å². The minimum atomic E-state index is -0.401. The maximum absolute atomic E-state index is 2.60. The average Bonchev–Trinajstić information content (AvgIpc) is 3.89. The predicted molar refractivity (Wildman–Crippen MR) is 251 cm³/mol. The molecule has 13 rings (SSSR count). The summed E-state index contributed by atoms with van der Waals surface area (Å²) in [5.74, 6) is 0.424. The minimum Gasteiger partial charge on any atom is -0.311 e. The van der Waals surface area contributed by atoms with Gasteiger partial charge >= 0.3 is 0 Å². The van der Waals surface area contributed by atoms with Crippen LogP contribution in [0.3, 0.4) is 0 Å². The molecule has 4 heteroatoms. The Bertz CT molecular complexity index is 3190. The summed E-state index contributed by atoms with van der Waals surface area (Å²) in [5.41, 5.74) is 23.4. The van der Waals surface area contributed by atoms with Crippen molar-refractivity contribution in [2.24, 2.45) is 0 Å². The number of rotatable bonds is 3. The Hall–Kier alpha value is -6.62. The molecule has 278 valence electrons. The van der Waals surface area contributed by atoms with Crippen molar-refractivity contribution in [2.75, 3.05) is 9.80 Å². The Morgan fingerprint density at radius 3 is 1.78 bits per heavy atom. The first-order valence-electron chi connectivity index (χ1n) is 20.9. The fourth-order valence-electron chi connectivity index (χ4n) is 11.3. The number of thiophene rings is 1. The number of para-hydroxylation sites is 3. The third kappa shape index (κ3) is 4.27. The molecule has 2 aliphatic heterocycles. The lowest BCUT2D eigenvalue weighted by atomic mass is 9.36.